The molecular weight excluding hydrogens is 233 g/mol. The number of aliphatic carboxylic acids is 1. The smallest absolute Gasteiger partial charge is 0.324 e. The molecule has 0 aromatic carbocycles. The van der Waals surface area contributed by atoms with Gasteiger partial charge in [-0.15, -0.1) is 0 Å². The Labute approximate surface area is 67.3 Å². The Morgan fingerprint density at radius 1 is 1.67 bits per heavy atom. The topological polar surface area (TPSA) is 49.3 Å². The lowest BCUT2D eigenvalue weighted by atomic mass is 9.78. The molecule has 0 atom stereocenters. The molecule has 0 heterocycles. The summed E-state index contributed by atoms with van der Waals surface area (Å²) in [6.07, 6.45) is 2.57. The van der Waals surface area contributed by atoms with E-state index in [9.17, 15) is 4.79 Å². The van der Waals surface area contributed by atoms with Crippen LogP contribution in [0, 0.1) is 0 Å². The standard InChI is InChI=1S/C5H8INO2/c6-7-5(4(8)9)2-1-3-5/h7H,1-3H2,(H,8,9). The minimum atomic E-state index is -0.719. The second-order valence-electron chi connectivity index (χ2n) is 2.34. The molecule has 1 saturated carbocycles. The van der Waals surface area contributed by atoms with Gasteiger partial charge in [-0.05, 0) is 19.3 Å². The van der Waals surface area contributed by atoms with Crippen molar-refractivity contribution in [2.45, 2.75) is 24.8 Å². The van der Waals surface area contributed by atoms with Gasteiger partial charge in [0.1, 0.15) is 5.54 Å². The second kappa shape index (κ2) is 2.42. The number of carbonyl (C=O) groups is 1. The molecule has 3 nitrogen and oxygen atoms in total. The summed E-state index contributed by atoms with van der Waals surface area (Å²) in [6, 6.07) is 0. The van der Waals surface area contributed by atoms with Gasteiger partial charge in [0.05, 0.1) is 0 Å². The van der Waals surface area contributed by atoms with Crippen LogP contribution in [-0.2, 0) is 4.79 Å². The van der Waals surface area contributed by atoms with Gasteiger partial charge in [-0.3, -0.25) is 4.79 Å². The molecule has 4 heteroatoms. The normalized spacial score (nSPS) is 22.8. The third-order valence-electron chi connectivity index (χ3n) is 1.80. The van der Waals surface area contributed by atoms with E-state index in [-0.39, 0.29) is 0 Å². The molecule has 0 aromatic heterocycles. The van der Waals surface area contributed by atoms with E-state index in [4.69, 9.17) is 5.11 Å². The van der Waals surface area contributed by atoms with Gasteiger partial charge >= 0.3 is 5.97 Å². The zero-order valence-corrected chi connectivity index (χ0v) is 7.01. The van der Waals surface area contributed by atoms with Crippen molar-refractivity contribution in [2.75, 3.05) is 0 Å². The lowest BCUT2D eigenvalue weighted by molar-refractivity contribution is -0.147. The van der Waals surface area contributed by atoms with E-state index in [0.29, 0.717) is 0 Å². The van der Waals surface area contributed by atoms with Gasteiger partial charge < -0.3 is 5.11 Å². The molecule has 9 heavy (non-hydrogen) atoms. The van der Waals surface area contributed by atoms with Crippen LogP contribution in [0.3, 0.4) is 0 Å². The number of carboxylic acid groups (broad SMARTS) is 1. The molecule has 0 aromatic rings. The van der Waals surface area contributed by atoms with Crippen molar-refractivity contribution in [1.29, 1.82) is 0 Å². The van der Waals surface area contributed by atoms with E-state index in [1.165, 1.54) is 0 Å². The van der Waals surface area contributed by atoms with Crippen molar-refractivity contribution in [2.24, 2.45) is 0 Å². The average molecular weight is 241 g/mol. The summed E-state index contributed by atoms with van der Waals surface area (Å²) in [5.41, 5.74) is -0.583. The number of hydrogen-bond donors (Lipinski definition) is 2. The molecule has 0 spiro atoms. The van der Waals surface area contributed by atoms with Crippen LogP contribution in [0.15, 0.2) is 0 Å². The van der Waals surface area contributed by atoms with Crippen LogP contribution in [0.1, 0.15) is 19.3 Å². The predicted octanol–water partition coefficient (Wildman–Crippen LogP) is 0.933. The first-order chi connectivity index (χ1) is 4.21. The van der Waals surface area contributed by atoms with Crippen LogP contribution < -0.4 is 3.53 Å². The van der Waals surface area contributed by atoms with E-state index in [1.54, 1.807) is 0 Å². The summed E-state index contributed by atoms with van der Waals surface area (Å²) in [4.78, 5) is 10.5. The maximum absolute atomic E-state index is 10.5. The van der Waals surface area contributed by atoms with Crippen LogP contribution in [0.25, 0.3) is 0 Å². The van der Waals surface area contributed by atoms with Crippen LogP contribution >= 0.6 is 22.9 Å². The molecule has 0 aliphatic heterocycles. The van der Waals surface area contributed by atoms with Gasteiger partial charge in [-0.1, -0.05) is 0 Å². The Morgan fingerprint density at radius 3 is 2.22 bits per heavy atom. The molecule has 1 fully saturated rings. The molecule has 0 bridgehead atoms. The maximum Gasteiger partial charge on any atom is 0.324 e. The van der Waals surface area contributed by atoms with Crippen LogP contribution in [0.4, 0.5) is 0 Å². The minimum Gasteiger partial charge on any atom is -0.480 e. The number of carboxylic acids is 1. The van der Waals surface area contributed by atoms with Crippen LogP contribution in [-0.4, -0.2) is 16.6 Å². The van der Waals surface area contributed by atoms with Crippen molar-refractivity contribution in [3.05, 3.63) is 0 Å². The lowest BCUT2D eigenvalue weighted by Crippen LogP contribution is -2.53. The fourth-order valence-corrected chi connectivity index (χ4v) is 1.65. The highest BCUT2D eigenvalue weighted by Gasteiger charge is 2.43. The summed E-state index contributed by atoms with van der Waals surface area (Å²) >= 11 is 1.90. The third kappa shape index (κ3) is 1.05. The molecule has 0 unspecified atom stereocenters. The second-order valence-corrected chi connectivity index (χ2v) is 2.87. The van der Waals surface area contributed by atoms with Gasteiger partial charge in [-0.2, -0.15) is 0 Å². The zero-order valence-electron chi connectivity index (χ0n) is 4.85. The minimum absolute atomic E-state index is 0.583. The molecule has 52 valence electrons. The van der Waals surface area contributed by atoms with E-state index in [0.717, 1.165) is 19.3 Å². The van der Waals surface area contributed by atoms with Crippen molar-refractivity contribution < 1.29 is 9.90 Å². The molecule has 1 aliphatic rings. The van der Waals surface area contributed by atoms with E-state index < -0.39 is 11.5 Å². The van der Waals surface area contributed by atoms with E-state index >= 15 is 0 Å². The molecule has 0 saturated heterocycles. The van der Waals surface area contributed by atoms with Crippen LogP contribution in [0.2, 0.25) is 0 Å². The van der Waals surface area contributed by atoms with Crippen LogP contribution in [0.5, 0.6) is 0 Å². The van der Waals surface area contributed by atoms with Gasteiger partial charge in [0, 0.05) is 22.9 Å². The number of rotatable bonds is 2. The first-order valence-corrected chi connectivity index (χ1v) is 3.90. The van der Waals surface area contributed by atoms with Gasteiger partial charge in [0.25, 0.3) is 0 Å². The molecule has 2 N–H and O–H groups in total. The molecular formula is C5H8INO2. The summed E-state index contributed by atoms with van der Waals surface area (Å²) in [5, 5.41) is 8.62. The lowest BCUT2D eigenvalue weighted by Gasteiger charge is -2.35. The Hall–Kier alpha value is 0.160. The summed E-state index contributed by atoms with van der Waals surface area (Å²) in [6.45, 7) is 0. The number of nitrogens with one attached hydrogen (secondary N) is 1. The SMILES string of the molecule is O=C(O)C1(NI)CCC1. The maximum atomic E-state index is 10.5. The zero-order chi connectivity index (χ0) is 6.91. The largest absolute Gasteiger partial charge is 0.480 e. The Balaban J connectivity index is 2.57. The van der Waals surface area contributed by atoms with Gasteiger partial charge in [-0.25, -0.2) is 3.53 Å². The highest BCUT2D eigenvalue weighted by atomic mass is 127. The Kier molecular flexibility index (Phi) is 1.95. The average Bonchev–Trinajstić information content (AvgIpc) is 1.62. The molecule has 1 aliphatic carbocycles. The van der Waals surface area contributed by atoms with E-state index in [1.807, 2.05) is 22.9 Å². The molecule has 0 radical (unpaired) electrons. The quantitative estimate of drug-likeness (QED) is 0.558. The fourth-order valence-electron chi connectivity index (χ4n) is 0.879. The number of halogens is 1. The fraction of sp³-hybridized carbons (Fsp3) is 0.800. The Morgan fingerprint density at radius 2 is 2.22 bits per heavy atom. The first-order valence-electron chi connectivity index (χ1n) is 2.82. The van der Waals surface area contributed by atoms with Crippen molar-refractivity contribution in [3.8, 4) is 0 Å². The monoisotopic (exact) mass is 241 g/mol. The van der Waals surface area contributed by atoms with Crippen molar-refractivity contribution in [1.82, 2.24) is 3.53 Å². The highest BCUT2D eigenvalue weighted by molar-refractivity contribution is 14.1. The number of hydrogen-bond acceptors (Lipinski definition) is 2. The first kappa shape index (κ1) is 7.27. The van der Waals surface area contributed by atoms with Gasteiger partial charge in [0.2, 0.25) is 0 Å². The molecule has 0 amide bonds. The summed E-state index contributed by atoms with van der Waals surface area (Å²) < 4.78 is 2.78. The molecule has 1 rings (SSSR count). The van der Waals surface area contributed by atoms with Crippen molar-refractivity contribution in [3.63, 3.8) is 0 Å². The predicted molar refractivity (Wildman–Crippen MR) is 41.4 cm³/mol. The van der Waals surface area contributed by atoms with E-state index in [2.05, 4.69) is 3.53 Å². The van der Waals surface area contributed by atoms with Crippen molar-refractivity contribution >= 4 is 28.8 Å². The van der Waals surface area contributed by atoms with Gasteiger partial charge in [0.15, 0.2) is 0 Å². The summed E-state index contributed by atoms with van der Waals surface area (Å²) in [7, 11) is 0. The summed E-state index contributed by atoms with van der Waals surface area (Å²) in [5.74, 6) is -0.719. The Bertz CT molecular complexity index is 127. The highest BCUT2D eigenvalue weighted by Crippen LogP contribution is 2.32. The third-order valence-corrected chi connectivity index (χ3v) is 2.83.